The van der Waals surface area contributed by atoms with E-state index in [1.165, 1.54) is 0 Å². The van der Waals surface area contributed by atoms with E-state index in [0.29, 0.717) is 0 Å². The average Bonchev–Trinajstić information content (AvgIpc) is 2.48. The molecule has 0 fully saturated rings. The minimum atomic E-state index is 0.769. The normalized spacial score (nSPS) is 10.6. The zero-order valence-corrected chi connectivity index (χ0v) is 9.41. The van der Waals surface area contributed by atoms with Crippen LogP contribution in [0.2, 0.25) is 0 Å². The first kappa shape index (κ1) is 8.84. The van der Waals surface area contributed by atoms with E-state index in [0.717, 1.165) is 26.0 Å². The number of methoxy groups -OCH3 is 1. The van der Waals surface area contributed by atoms with Gasteiger partial charge in [-0.2, -0.15) is 0 Å². The SMILES string of the molecule is COc1cc(N)c2scc(Br)c2c1. The molecular weight excluding hydrogens is 250 g/mol. The van der Waals surface area contributed by atoms with E-state index in [1.54, 1.807) is 18.4 Å². The zero-order chi connectivity index (χ0) is 9.42. The Morgan fingerprint density at radius 3 is 2.92 bits per heavy atom. The van der Waals surface area contributed by atoms with Crippen molar-refractivity contribution in [3.05, 3.63) is 22.0 Å². The van der Waals surface area contributed by atoms with Gasteiger partial charge in [-0.1, -0.05) is 0 Å². The third kappa shape index (κ3) is 1.40. The van der Waals surface area contributed by atoms with Crippen molar-refractivity contribution in [2.75, 3.05) is 12.8 Å². The van der Waals surface area contributed by atoms with Gasteiger partial charge in [0.1, 0.15) is 5.75 Å². The maximum Gasteiger partial charge on any atom is 0.121 e. The molecule has 0 amide bonds. The lowest BCUT2D eigenvalue weighted by Gasteiger charge is -2.02. The second-order valence-electron chi connectivity index (χ2n) is 2.68. The molecule has 2 nitrogen and oxygen atoms in total. The molecule has 2 N–H and O–H groups in total. The van der Waals surface area contributed by atoms with Gasteiger partial charge in [0.15, 0.2) is 0 Å². The Balaban J connectivity index is 2.80. The van der Waals surface area contributed by atoms with Crippen molar-refractivity contribution in [1.82, 2.24) is 0 Å². The maximum atomic E-state index is 5.86. The van der Waals surface area contributed by atoms with Gasteiger partial charge >= 0.3 is 0 Å². The van der Waals surface area contributed by atoms with Gasteiger partial charge in [0.25, 0.3) is 0 Å². The first-order valence-corrected chi connectivity index (χ1v) is 5.40. The van der Waals surface area contributed by atoms with Crippen LogP contribution < -0.4 is 10.5 Å². The number of nitrogen functional groups attached to an aromatic ring is 1. The molecule has 0 aliphatic heterocycles. The number of nitrogens with two attached hydrogens (primary N) is 1. The minimum absolute atomic E-state index is 0.769. The van der Waals surface area contributed by atoms with Crippen LogP contribution in [-0.2, 0) is 0 Å². The second-order valence-corrected chi connectivity index (χ2v) is 4.41. The third-order valence-corrected chi connectivity index (χ3v) is 3.87. The number of thiophene rings is 1. The van der Waals surface area contributed by atoms with E-state index in [1.807, 2.05) is 17.5 Å². The molecule has 4 heteroatoms. The van der Waals surface area contributed by atoms with E-state index in [2.05, 4.69) is 15.9 Å². The predicted octanol–water partition coefficient (Wildman–Crippen LogP) is 3.25. The molecule has 1 heterocycles. The highest BCUT2D eigenvalue weighted by Gasteiger charge is 2.06. The summed E-state index contributed by atoms with van der Waals surface area (Å²) >= 11 is 5.10. The summed E-state index contributed by atoms with van der Waals surface area (Å²) in [6, 6.07) is 3.82. The van der Waals surface area contributed by atoms with Crippen molar-refractivity contribution in [2.24, 2.45) is 0 Å². The summed E-state index contributed by atoms with van der Waals surface area (Å²) in [6.45, 7) is 0. The molecule has 1 aromatic carbocycles. The van der Waals surface area contributed by atoms with Gasteiger partial charge < -0.3 is 10.5 Å². The molecule has 13 heavy (non-hydrogen) atoms. The first-order valence-electron chi connectivity index (χ1n) is 3.72. The van der Waals surface area contributed by atoms with Gasteiger partial charge in [0.05, 0.1) is 17.5 Å². The van der Waals surface area contributed by atoms with E-state index < -0.39 is 0 Å². The highest BCUT2D eigenvalue weighted by atomic mass is 79.9. The van der Waals surface area contributed by atoms with Gasteiger partial charge in [-0.25, -0.2) is 0 Å². The molecule has 0 saturated heterocycles. The highest BCUT2D eigenvalue weighted by molar-refractivity contribution is 9.10. The Morgan fingerprint density at radius 2 is 2.23 bits per heavy atom. The van der Waals surface area contributed by atoms with E-state index >= 15 is 0 Å². The van der Waals surface area contributed by atoms with Gasteiger partial charge in [0, 0.05) is 21.3 Å². The number of rotatable bonds is 1. The van der Waals surface area contributed by atoms with E-state index in [-0.39, 0.29) is 0 Å². The van der Waals surface area contributed by atoms with Crippen LogP contribution >= 0.6 is 27.3 Å². The van der Waals surface area contributed by atoms with Crippen molar-refractivity contribution in [3.63, 3.8) is 0 Å². The Hall–Kier alpha value is -0.740. The van der Waals surface area contributed by atoms with E-state index in [4.69, 9.17) is 10.5 Å². The van der Waals surface area contributed by atoms with Gasteiger partial charge in [0.2, 0.25) is 0 Å². The molecule has 0 bridgehead atoms. The van der Waals surface area contributed by atoms with Gasteiger partial charge in [-0.05, 0) is 22.0 Å². The number of anilines is 1. The fourth-order valence-corrected chi connectivity index (χ4v) is 2.79. The number of hydrogen-bond acceptors (Lipinski definition) is 3. The molecule has 0 aliphatic carbocycles. The van der Waals surface area contributed by atoms with Crippen molar-refractivity contribution in [2.45, 2.75) is 0 Å². The summed E-state index contributed by atoms with van der Waals surface area (Å²) < 4.78 is 7.30. The molecule has 2 aromatic rings. The summed E-state index contributed by atoms with van der Waals surface area (Å²) in [6.07, 6.45) is 0. The molecule has 0 saturated carbocycles. The molecular formula is C9H8BrNOS. The summed E-state index contributed by atoms with van der Waals surface area (Å²) in [7, 11) is 1.64. The summed E-state index contributed by atoms with van der Waals surface area (Å²) in [5, 5.41) is 3.14. The van der Waals surface area contributed by atoms with Crippen LogP contribution in [0.4, 0.5) is 5.69 Å². The lowest BCUT2D eigenvalue weighted by atomic mass is 10.2. The molecule has 1 aromatic heterocycles. The largest absolute Gasteiger partial charge is 0.497 e. The smallest absolute Gasteiger partial charge is 0.121 e. The molecule has 0 unspecified atom stereocenters. The molecule has 0 atom stereocenters. The first-order chi connectivity index (χ1) is 6.22. The number of hydrogen-bond donors (Lipinski definition) is 1. The van der Waals surface area contributed by atoms with Crippen molar-refractivity contribution >= 4 is 43.0 Å². The lowest BCUT2D eigenvalue weighted by molar-refractivity contribution is 0.415. The summed E-state index contributed by atoms with van der Waals surface area (Å²) in [5.74, 6) is 0.795. The predicted molar refractivity (Wildman–Crippen MR) is 60.5 cm³/mol. The topological polar surface area (TPSA) is 35.2 Å². The zero-order valence-electron chi connectivity index (χ0n) is 7.00. The summed E-state index contributed by atoms with van der Waals surface area (Å²) in [5.41, 5.74) is 6.62. The van der Waals surface area contributed by atoms with Crippen molar-refractivity contribution < 1.29 is 4.74 Å². The Morgan fingerprint density at radius 1 is 1.46 bits per heavy atom. The number of fused-ring (bicyclic) bond motifs is 1. The van der Waals surface area contributed by atoms with E-state index in [9.17, 15) is 0 Å². The Kier molecular flexibility index (Phi) is 2.17. The maximum absolute atomic E-state index is 5.86. The second kappa shape index (κ2) is 3.20. The summed E-state index contributed by atoms with van der Waals surface area (Å²) in [4.78, 5) is 0. The van der Waals surface area contributed by atoms with Crippen LogP contribution in [0.5, 0.6) is 5.75 Å². The molecule has 0 spiro atoms. The number of ether oxygens (including phenoxy) is 1. The molecule has 0 radical (unpaired) electrons. The van der Waals surface area contributed by atoms with Crippen LogP contribution in [-0.4, -0.2) is 7.11 Å². The third-order valence-electron chi connectivity index (χ3n) is 1.86. The Labute approximate surface area is 88.4 Å². The molecule has 68 valence electrons. The standard InChI is InChI=1S/C9H8BrNOS/c1-12-5-2-6-7(10)4-13-9(6)8(11)3-5/h2-4H,11H2,1H3. The van der Waals surface area contributed by atoms with Crippen LogP contribution in [0, 0.1) is 0 Å². The Bertz CT molecular complexity index is 452. The van der Waals surface area contributed by atoms with Crippen LogP contribution in [0.3, 0.4) is 0 Å². The fourth-order valence-electron chi connectivity index (χ4n) is 1.22. The average molecular weight is 258 g/mol. The molecule has 0 aliphatic rings. The van der Waals surface area contributed by atoms with Crippen LogP contribution in [0.15, 0.2) is 22.0 Å². The number of halogens is 1. The van der Waals surface area contributed by atoms with Gasteiger partial charge in [-0.15, -0.1) is 11.3 Å². The quantitative estimate of drug-likeness (QED) is 0.797. The monoisotopic (exact) mass is 257 g/mol. The van der Waals surface area contributed by atoms with Crippen LogP contribution in [0.1, 0.15) is 0 Å². The van der Waals surface area contributed by atoms with Crippen LogP contribution in [0.25, 0.3) is 10.1 Å². The highest BCUT2D eigenvalue weighted by Crippen LogP contribution is 2.36. The number of benzene rings is 1. The molecule has 2 rings (SSSR count). The fraction of sp³-hybridized carbons (Fsp3) is 0.111. The van der Waals surface area contributed by atoms with Crippen molar-refractivity contribution in [1.29, 1.82) is 0 Å². The van der Waals surface area contributed by atoms with Crippen molar-refractivity contribution in [3.8, 4) is 5.75 Å². The minimum Gasteiger partial charge on any atom is -0.497 e. The van der Waals surface area contributed by atoms with Gasteiger partial charge in [-0.3, -0.25) is 0 Å². The lowest BCUT2D eigenvalue weighted by Crippen LogP contribution is -1.88.